The second-order valence-corrected chi connectivity index (χ2v) is 8.99. The Morgan fingerprint density at radius 1 is 0.971 bits per heavy atom. The smallest absolute Gasteiger partial charge is 0.227 e. The molecule has 8 nitrogen and oxygen atoms in total. The van der Waals surface area contributed by atoms with Crippen molar-refractivity contribution in [2.75, 3.05) is 10.6 Å². The SMILES string of the molecule is CC(=O)Nc1ccc(-c2csc(NC(=O)CCc3nc(-c4ccc(C(C)C)cc4)no3)n2)cc1. The lowest BCUT2D eigenvalue weighted by molar-refractivity contribution is -0.116. The highest BCUT2D eigenvalue weighted by atomic mass is 32.1. The van der Waals surface area contributed by atoms with E-state index in [0.29, 0.717) is 29.2 Å². The van der Waals surface area contributed by atoms with E-state index in [9.17, 15) is 9.59 Å². The first-order valence-electron chi connectivity index (χ1n) is 10.9. The maximum atomic E-state index is 12.4. The fraction of sp³-hybridized carbons (Fsp3) is 0.240. The summed E-state index contributed by atoms with van der Waals surface area (Å²) in [6, 6.07) is 15.4. The van der Waals surface area contributed by atoms with E-state index >= 15 is 0 Å². The van der Waals surface area contributed by atoms with Crippen molar-refractivity contribution in [3.8, 4) is 22.6 Å². The molecule has 34 heavy (non-hydrogen) atoms. The monoisotopic (exact) mass is 475 g/mol. The number of hydrogen-bond donors (Lipinski definition) is 2. The van der Waals surface area contributed by atoms with Gasteiger partial charge in [0.15, 0.2) is 5.13 Å². The Labute approximate surface area is 201 Å². The first-order chi connectivity index (χ1) is 16.4. The van der Waals surface area contributed by atoms with Crippen LogP contribution >= 0.6 is 11.3 Å². The van der Waals surface area contributed by atoms with Gasteiger partial charge in [0.2, 0.25) is 23.5 Å². The number of rotatable bonds is 8. The van der Waals surface area contributed by atoms with Gasteiger partial charge in [0.25, 0.3) is 0 Å². The molecule has 0 spiro atoms. The predicted molar refractivity (Wildman–Crippen MR) is 133 cm³/mol. The fourth-order valence-electron chi connectivity index (χ4n) is 3.28. The Morgan fingerprint density at radius 3 is 2.35 bits per heavy atom. The Balaban J connectivity index is 1.30. The van der Waals surface area contributed by atoms with Crippen molar-refractivity contribution in [3.05, 3.63) is 65.4 Å². The lowest BCUT2D eigenvalue weighted by Crippen LogP contribution is -2.12. The number of thiazole rings is 1. The first-order valence-corrected chi connectivity index (χ1v) is 11.8. The minimum absolute atomic E-state index is 0.122. The van der Waals surface area contributed by atoms with Crippen molar-refractivity contribution in [3.63, 3.8) is 0 Å². The summed E-state index contributed by atoms with van der Waals surface area (Å²) < 4.78 is 5.31. The van der Waals surface area contributed by atoms with E-state index in [-0.39, 0.29) is 18.2 Å². The van der Waals surface area contributed by atoms with Crippen LogP contribution in [0.2, 0.25) is 0 Å². The number of carbonyl (C=O) groups excluding carboxylic acids is 2. The zero-order valence-electron chi connectivity index (χ0n) is 19.2. The number of carbonyl (C=O) groups is 2. The maximum absolute atomic E-state index is 12.4. The van der Waals surface area contributed by atoms with Gasteiger partial charge in [-0.15, -0.1) is 11.3 Å². The van der Waals surface area contributed by atoms with Crippen LogP contribution in [-0.4, -0.2) is 26.9 Å². The van der Waals surface area contributed by atoms with Gasteiger partial charge in [0.1, 0.15) is 0 Å². The van der Waals surface area contributed by atoms with E-state index in [1.54, 1.807) is 0 Å². The zero-order valence-corrected chi connectivity index (χ0v) is 20.0. The molecule has 4 aromatic rings. The van der Waals surface area contributed by atoms with Gasteiger partial charge in [-0.05, 0) is 23.6 Å². The molecule has 0 aliphatic heterocycles. The first kappa shape index (κ1) is 23.3. The summed E-state index contributed by atoms with van der Waals surface area (Å²) in [5.74, 6) is 1.08. The normalized spacial score (nSPS) is 10.9. The quantitative estimate of drug-likeness (QED) is 0.348. The van der Waals surface area contributed by atoms with Crippen molar-refractivity contribution < 1.29 is 14.1 Å². The summed E-state index contributed by atoms with van der Waals surface area (Å²) in [7, 11) is 0. The average Bonchev–Trinajstić information content (AvgIpc) is 3.48. The van der Waals surface area contributed by atoms with Crippen LogP contribution in [0.3, 0.4) is 0 Å². The van der Waals surface area contributed by atoms with Crippen LogP contribution in [0.4, 0.5) is 10.8 Å². The highest BCUT2D eigenvalue weighted by Crippen LogP contribution is 2.26. The molecule has 0 aliphatic carbocycles. The molecule has 0 bridgehead atoms. The van der Waals surface area contributed by atoms with E-state index in [1.807, 2.05) is 41.8 Å². The molecule has 2 aromatic heterocycles. The summed E-state index contributed by atoms with van der Waals surface area (Å²) in [6.45, 7) is 5.75. The van der Waals surface area contributed by atoms with Crippen LogP contribution in [0.5, 0.6) is 0 Å². The number of aromatic nitrogens is 3. The van der Waals surface area contributed by atoms with Crippen LogP contribution in [-0.2, 0) is 16.0 Å². The largest absolute Gasteiger partial charge is 0.339 e. The van der Waals surface area contributed by atoms with E-state index in [2.05, 4.69) is 51.7 Å². The summed E-state index contributed by atoms with van der Waals surface area (Å²) in [4.78, 5) is 32.4. The van der Waals surface area contributed by atoms with Crippen LogP contribution < -0.4 is 10.6 Å². The van der Waals surface area contributed by atoms with Gasteiger partial charge in [-0.25, -0.2) is 4.98 Å². The zero-order chi connectivity index (χ0) is 24.1. The van der Waals surface area contributed by atoms with E-state index < -0.39 is 0 Å². The Bertz CT molecular complexity index is 1280. The van der Waals surface area contributed by atoms with Gasteiger partial charge in [-0.2, -0.15) is 4.98 Å². The third-order valence-corrected chi connectivity index (χ3v) is 5.88. The van der Waals surface area contributed by atoms with E-state index in [0.717, 1.165) is 22.5 Å². The number of benzene rings is 2. The van der Waals surface area contributed by atoms with Crippen LogP contribution in [0, 0.1) is 0 Å². The Kier molecular flexibility index (Phi) is 7.12. The highest BCUT2D eigenvalue weighted by Gasteiger charge is 2.13. The van der Waals surface area contributed by atoms with E-state index in [4.69, 9.17) is 4.52 Å². The average molecular weight is 476 g/mol. The molecule has 0 fully saturated rings. The molecule has 0 radical (unpaired) electrons. The van der Waals surface area contributed by atoms with Crippen molar-refractivity contribution in [2.45, 2.75) is 39.5 Å². The lowest BCUT2D eigenvalue weighted by Gasteiger charge is -2.04. The second-order valence-electron chi connectivity index (χ2n) is 8.13. The molecule has 0 aliphatic rings. The molecule has 2 N–H and O–H groups in total. The van der Waals surface area contributed by atoms with Gasteiger partial charge in [0.05, 0.1) is 5.69 Å². The van der Waals surface area contributed by atoms with Crippen LogP contribution in [0.15, 0.2) is 58.4 Å². The van der Waals surface area contributed by atoms with Crippen molar-refractivity contribution in [1.29, 1.82) is 0 Å². The standard InChI is InChI=1S/C25H25N5O3S/c1-15(2)17-4-6-19(7-5-17)24-29-23(33-30-24)13-12-22(32)28-25-27-21(14-34-25)18-8-10-20(11-9-18)26-16(3)31/h4-11,14-15H,12-13H2,1-3H3,(H,26,31)(H,27,28,32). The van der Waals surface area contributed by atoms with Gasteiger partial charge in [-0.1, -0.05) is 55.4 Å². The highest BCUT2D eigenvalue weighted by molar-refractivity contribution is 7.14. The summed E-state index contributed by atoms with van der Waals surface area (Å²) in [5, 5.41) is 12.0. The molecule has 0 atom stereocenters. The minimum Gasteiger partial charge on any atom is -0.339 e. The Morgan fingerprint density at radius 2 is 1.68 bits per heavy atom. The molecule has 2 aromatic carbocycles. The lowest BCUT2D eigenvalue weighted by atomic mass is 10.0. The fourth-order valence-corrected chi connectivity index (χ4v) is 4.02. The topological polar surface area (TPSA) is 110 Å². The molecule has 0 unspecified atom stereocenters. The number of anilines is 2. The van der Waals surface area contributed by atoms with Gasteiger partial charge >= 0.3 is 0 Å². The second kappa shape index (κ2) is 10.4. The minimum atomic E-state index is -0.178. The predicted octanol–water partition coefficient (Wildman–Crippen LogP) is 5.51. The van der Waals surface area contributed by atoms with Crippen LogP contribution in [0.25, 0.3) is 22.6 Å². The van der Waals surface area contributed by atoms with Crippen LogP contribution in [0.1, 0.15) is 44.6 Å². The van der Waals surface area contributed by atoms with Crippen molar-refractivity contribution in [1.82, 2.24) is 15.1 Å². The maximum Gasteiger partial charge on any atom is 0.227 e. The number of nitrogens with one attached hydrogen (secondary N) is 2. The molecule has 4 rings (SSSR count). The Hall–Kier alpha value is -3.85. The number of aryl methyl sites for hydroxylation is 1. The molecule has 0 saturated carbocycles. The van der Waals surface area contributed by atoms with Crippen molar-refractivity contribution >= 4 is 34.0 Å². The van der Waals surface area contributed by atoms with Gasteiger partial charge in [-0.3, -0.25) is 9.59 Å². The van der Waals surface area contributed by atoms with E-state index in [1.165, 1.54) is 23.8 Å². The molecule has 2 heterocycles. The number of amides is 2. The molecular weight excluding hydrogens is 450 g/mol. The van der Waals surface area contributed by atoms with Crippen molar-refractivity contribution in [2.24, 2.45) is 0 Å². The third-order valence-electron chi connectivity index (χ3n) is 5.12. The molecule has 174 valence electrons. The summed E-state index contributed by atoms with van der Waals surface area (Å²) >= 11 is 1.35. The molecule has 9 heteroatoms. The third kappa shape index (κ3) is 5.93. The summed E-state index contributed by atoms with van der Waals surface area (Å²) in [6.07, 6.45) is 0.542. The number of hydrogen-bond acceptors (Lipinski definition) is 7. The molecule has 0 saturated heterocycles. The molecule has 2 amide bonds. The molecular formula is C25H25N5O3S. The van der Waals surface area contributed by atoms with Gasteiger partial charge in [0, 0.05) is 42.0 Å². The summed E-state index contributed by atoms with van der Waals surface area (Å²) in [5.41, 5.74) is 4.49. The number of nitrogens with zero attached hydrogens (tertiary/aromatic N) is 3. The van der Waals surface area contributed by atoms with Gasteiger partial charge < -0.3 is 15.2 Å².